The molecule has 0 unspecified atom stereocenters. The van der Waals surface area contributed by atoms with Gasteiger partial charge in [0.05, 0.1) is 0 Å². The van der Waals surface area contributed by atoms with Crippen LogP contribution in [0.15, 0.2) is 48.7 Å². The molecule has 0 aliphatic heterocycles. The minimum absolute atomic E-state index is 0.160. The quantitative estimate of drug-likeness (QED) is 0.870. The van der Waals surface area contributed by atoms with Gasteiger partial charge in [-0.15, -0.1) is 0 Å². The predicted molar refractivity (Wildman–Crippen MR) is 94.5 cm³/mol. The summed E-state index contributed by atoms with van der Waals surface area (Å²) in [7, 11) is 0. The number of nitrogens with zero attached hydrogens (tertiary/aromatic N) is 1. The van der Waals surface area contributed by atoms with E-state index in [1.807, 2.05) is 24.3 Å². The lowest BCUT2D eigenvalue weighted by molar-refractivity contribution is 0.135. The number of aromatic nitrogens is 1. The average Bonchev–Trinajstić information content (AvgIpc) is 2.57. The minimum atomic E-state index is -0.202. The Hall–Kier alpha value is -2.27. The summed E-state index contributed by atoms with van der Waals surface area (Å²) in [6.45, 7) is 0. The van der Waals surface area contributed by atoms with Gasteiger partial charge >= 0.3 is 6.03 Å². The van der Waals surface area contributed by atoms with Crippen LogP contribution in [0.25, 0.3) is 0 Å². The molecule has 2 amide bonds. The molecule has 0 saturated heterocycles. The monoisotopic (exact) mass is 345 g/mol. The Morgan fingerprint density at radius 3 is 2.67 bits per heavy atom. The Labute approximate surface area is 146 Å². The maximum atomic E-state index is 12.1. The zero-order valence-corrected chi connectivity index (χ0v) is 14.0. The number of ether oxygens (including phenoxy) is 1. The Morgan fingerprint density at radius 2 is 1.96 bits per heavy atom. The standard InChI is InChI=1S/C18H20ClN3O2/c19-13-4-3-5-15(12-13)22-18(23)21-14-7-9-16(10-8-14)24-17-6-1-2-11-20-17/h1-6,11-12,14,16H,7-10H2,(H2,21,22,23). The van der Waals surface area contributed by atoms with Crippen LogP contribution >= 0.6 is 11.6 Å². The van der Waals surface area contributed by atoms with Crippen LogP contribution < -0.4 is 15.4 Å². The van der Waals surface area contributed by atoms with E-state index < -0.39 is 0 Å². The molecule has 1 fully saturated rings. The van der Waals surface area contributed by atoms with Crippen LogP contribution in [-0.2, 0) is 0 Å². The topological polar surface area (TPSA) is 63.2 Å². The van der Waals surface area contributed by atoms with Crippen molar-refractivity contribution in [1.29, 1.82) is 0 Å². The third kappa shape index (κ3) is 4.86. The molecule has 2 N–H and O–H groups in total. The van der Waals surface area contributed by atoms with Crippen molar-refractivity contribution in [2.75, 3.05) is 5.32 Å². The molecule has 1 heterocycles. The number of rotatable bonds is 4. The number of hydrogen-bond donors (Lipinski definition) is 2. The predicted octanol–water partition coefficient (Wildman–Crippen LogP) is 4.25. The largest absolute Gasteiger partial charge is 0.474 e. The van der Waals surface area contributed by atoms with E-state index in [0.717, 1.165) is 25.7 Å². The summed E-state index contributed by atoms with van der Waals surface area (Å²) < 4.78 is 5.86. The molecule has 1 aromatic heterocycles. The maximum absolute atomic E-state index is 12.1. The lowest BCUT2D eigenvalue weighted by Crippen LogP contribution is -2.41. The fourth-order valence-electron chi connectivity index (χ4n) is 2.83. The highest BCUT2D eigenvalue weighted by Crippen LogP contribution is 2.23. The van der Waals surface area contributed by atoms with E-state index in [-0.39, 0.29) is 18.2 Å². The number of anilines is 1. The van der Waals surface area contributed by atoms with Crippen LogP contribution in [0.2, 0.25) is 5.02 Å². The Balaban J connectivity index is 1.42. The number of urea groups is 1. The Morgan fingerprint density at radius 1 is 1.12 bits per heavy atom. The third-order valence-electron chi connectivity index (χ3n) is 4.02. The van der Waals surface area contributed by atoms with Crippen molar-refractivity contribution >= 4 is 23.3 Å². The fourth-order valence-corrected chi connectivity index (χ4v) is 3.02. The van der Waals surface area contributed by atoms with E-state index in [2.05, 4.69) is 15.6 Å². The van der Waals surface area contributed by atoms with E-state index in [1.165, 1.54) is 0 Å². The van der Waals surface area contributed by atoms with Crippen LogP contribution in [0.5, 0.6) is 5.88 Å². The molecule has 5 nitrogen and oxygen atoms in total. The zero-order chi connectivity index (χ0) is 16.8. The first-order valence-electron chi connectivity index (χ1n) is 8.10. The van der Waals surface area contributed by atoms with Crippen molar-refractivity contribution in [1.82, 2.24) is 10.3 Å². The summed E-state index contributed by atoms with van der Waals surface area (Å²) in [5.74, 6) is 0.660. The van der Waals surface area contributed by atoms with Crippen molar-refractivity contribution in [2.45, 2.75) is 37.8 Å². The van der Waals surface area contributed by atoms with Gasteiger partial charge in [0.1, 0.15) is 6.10 Å². The summed E-state index contributed by atoms with van der Waals surface area (Å²) in [5, 5.41) is 6.41. The maximum Gasteiger partial charge on any atom is 0.319 e. The molecular weight excluding hydrogens is 326 g/mol. The summed E-state index contributed by atoms with van der Waals surface area (Å²) in [5.41, 5.74) is 0.687. The second-order valence-corrected chi connectivity index (χ2v) is 6.30. The number of benzene rings is 1. The van der Waals surface area contributed by atoms with Gasteiger partial charge in [-0.25, -0.2) is 9.78 Å². The van der Waals surface area contributed by atoms with Crippen LogP contribution in [0, 0.1) is 0 Å². The summed E-state index contributed by atoms with van der Waals surface area (Å²) in [6.07, 6.45) is 5.47. The molecule has 0 spiro atoms. The van der Waals surface area contributed by atoms with Gasteiger partial charge in [0.2, 0.25) is 5.88 Å². The molecule has 1 aliphatic rings. The number of pyridine rings is 1. The minimum Gasteiger partial charge on any atom is -0.474 e. The van der Waals surface area contributed by atoms with E-state index in [4.69, 9.17) is 16.3 Å². The Bertz CT molecular complexity index is 673. The van der Waals surface area contributed by atoms with Crippen molar-refractivity contribution in [3.63, 3.8) is 0 Å². The first kappa shape index (κ1) is 16.6. The van der Waals surface area contributed by atoms with Crippen LogP contribution in [0.3, 0.4) is 0 Å². The zero-order valence-electron chi connectivity index (χ0n) is 13.2. The summed E-state index contributed by atoms with van der Waals surface area (Å²) >= 11 is 5.91. The number of hydrogen-bond acceptors (Lipinski definition) is 3. The molecule has 1 saturated carbocycles. The Kier molecular flexibility index (Phi) is 5.54. The molecule has 0 radical (unpaired) electrons. The van der Waals surface area contributed by atoms with Gasteiger partial charge in [-0.1, -0.05) is 23.7 Å². The molecule has 3 rings (SSSR count). The highest BCUT2D eigenvalue weighted by Gasteiger charge is 2.23. The second-order valence-electron chi connectivity index (χ2n) is 5.87. The normalized spacial score (nSPS) is 20.2. The van der Waals surface area contributed by atoms with E-state index in [0.29, 0.717) is 16.6 Å². The summed E-state index contributed by atoms with van der Waals surface area (Å²) in [6, 6.07) is 12.7. The lowest BCUT2D eigenvalue weighted by Gasteiger charge is -2.29. The number of carbonyl (C=O) groups excluding carboxylic acids is 1. The SMILES string of the molecule is O=C(Nc1cccc(Cl)c1)NC1CCC(Oc2ccccn2)CC1. The molecule has 1 aliphatic carbocycles. The smallest absolute Gasteiger partial charge is 0.319 e. The van der Waals surface area contributed by atoms with E-state index >= 15 is 0 Å². The van der Waals surface area contributed by atoms with E-state index in [1.54, 1.807) is 24.4 Å². The fraction of sp³-hybridized carbons (Fsp3) is 0.333. The lowest BCUT2D eigenvalue weighted by atomic mass is 9.93. The van der Waals surface area contributed by atoms with Gasteiger partial charge < -0.3 is 15.4 Å². The highest BCUT2D eigenvalue weighted by atomic mass is 35.5. The molecule has 126 valence electrons. The van der Waals surface area contributed by atoms with Gasteiger partial charge in [0.25, 0.3) is 0 Å². The van der Waals surface area contributed by atoms with Crippen molar-refractivity contribution < 1.29 is 9.53 Å². The van der Waals surface area contributed by atoms with Crippen molar-refractivity contribution in [3.05, 3.63) is 53.7 Å². The van der Waals surface area contributed by atoms with Gasteiger partial charge in [-0.3, -0.25) is 0 Å². The average molecular weight is 346 g/mol. The van der Waals surface area contributed by atoms with Crippen LogP contribution in [-0.4, -0.2) is 23.2 Å². The number of nitrogens with one attached hydrogen (secondary N) is 2. The number of amides is 2. The van der Waals surface area contributed by atoms with Crippen molar-refractivity contribution in [3.8, 4) is 5.88 Å². The first-order valence-corrected chi connectivity index (χ1v) is 8.47. The number of carbonyl (C=O) groups is 1. The summed E-state index contributed by atoms with van der Waals surface area (Å²) in [4.78, 5) is 16.2. The van der Waals surface area contributed by atoms with Gasteiger partial charge in [-0.2, -0.15) is 0 Å². The number of halogens is 1. The van der Waals surface area contributed by atoms with Gasteiger partial charge in [-0.05, 0) is 49.9 Å². The molecule has 0 atom stereocenters. The van der Waals surface area contributed by atoms with Gasteiger partial charge in [0, 0.05) is 29.0 Å². The van der Waals surface area contributed by atoms with E-state index in [9.17, 15) is 4.79 Å². The molecule has 24 heavy (non-hydrogen) atoms. The van der Waals surface area contributed by atoms with Gasteiger partial charge in [0.15, 0.2) is 0 Å². The highest BCUT2D eigenvalue weighted by molar-refractivity contribution is 6.30. The molecule has 1 aromatic carbocycles. The van der Waals surface area contributed by atoms with Crippen LogP contribution in [0.1, 0.15) is 25.7 Å². The second kappa shape index (κ2) is 8.02. The molecule has 0 bridgehead atoms. The molecule has 2 aromatic rings. The van der Waals surface area contributed by atoms with Crippen LogP contribution in [0.4, 0.5) is 10.5 Å². The van der Waals surface area contributed by atoms with Crippen molar-refractivity contribution in [2.24, 2.45) is 0 Å². The third-order valence-corrected chi connectivity index (χ3v) is 4.25. The molecular formula is C18H20ClN3O2. The molecule has 6 heteroatoms. The first-order chi connectivity index (χ1) is 11.7.